The van der Waals surface area contributed by atoms with Gasteiger partial charge in [-0.15, -0.1) is 0 Å². The summed E-state index contributed by atoms with van der Waals surface area (Å²) in [5, 5.41) is 0. The number of Topliss-reactive ketones (excluding diaryl/α,β-unsaturated/α-hetero) is 1. The van der Waals surface area contributed by atoms with Crippen molar-refractivity contribution in [1.82, 2.24) is 4.90 Å². The van der Waals surface area contributed by atoms with Crippen LogP contribution in [0.4, 0.5) is 0 Å². The van der Waals surface area contributed by atoms with Crippen LogP contribution in [0, 0.1) is 11.8 Å². The topological polar surface area (TPSA) is 75.8 Å². The van der Waals surface area contributed by atoms with Crippen molar-refractivity contribution in [2.24, 2.45) is 22.6 Å². The van der Waals surface area contributed by atoms with E-state index in [9.17, 15) is 9.59 Å². The van der Waals surface area contributed by atoms with Crippen LogP contribution in [0.1, 0.15) is 63.2 Å². The number of hydrogen-bond acceptors (Lipinski definition) is 4. The van der Waals surface area contributed by atoms with E-state index in [-0.39, 0.29) is 11.7 Å². The Kier molecular flexibility index (Phi) is 7.54. The van der Waals surface area contributed by atoms with E-state index in [1.54, 1.807) is 0 Å². The van der Waals surface area contributed by atoms with Gasteiger partial charge in [-0.3, -0.25) is 14.6 Å². The number of hydrogen-bond donors (Lipinski definition) is 1. The summed E-state index contributed by atoms with van der Waals surface area (Å²) < 4.78 is 0. The molecular weight excluding hydrogens is 434 g/mol. The highest BCUT2D eigenvalue weighted by Crippen LogP contribution is 2.32. The summed E-state index contributed by atoms with van der Waals surface area (Å²) >= 11 is 0. The molecule has 0 bridgehead atoms. The molecule has 0 radical (unpaired) electrons. The predicted octanol–water partition coefficient (Wildman–Crippen LogP) is 5.66. The van der Waals surface area contributed by atoms with Crippen LogP contribution in [-0.4, -0.2) is 41.1 Å². The van der Waals surface area contributed by atoms with Gasteiger partial charge in [-0.2, -0.15) is 0 Å². The minimum absolute atomic E-state index is 0.0904. The normalized spacial score (nSPS) is 21.5. The molecule has 0 saturated carbocycles. The van der Waals surface area contributed by atoms with Crippen molar-refractivity contribution in [3.05, 3.63) is 71.8 Å². The first kappa shape index (κ1) is 24.9. The van der Waals surface area contributed by atoms with E-state index in [4.69, 9.17) is 5.73 Å². The van der Waals surface area contributed by atoms with Gasteiger partial charge in [0.25, 0.3) is 5.91 Å². The van der Waals surface area contributed by atoms with Crippen molar-refractivity contribution in [3.63, 3.8) is 0 Å². The second kappa shape index (κ2) is 10.6. The zero-order valence-electron chi connectivity index (χ0n) is 21.2. The summed E-state index contributed by atoms with van der Waals surface area (Å²) in [6.45, 7) is 7.58. The third kappa shape index (κ3) is 5.90. The molecule has 0 aromatic heterocycles. The van der Waals surface area contributed by atoms with Gasteiger partial charge in [0.2, 0.25) is 0 Å². The molecule has 1 saturated heterocycles. The molecule has 2 aliphatic heterocycles. The number of carbonyl (C=O) groups excluding carboxylic acids is 2. The van der Waals surface area contributed by atoms with E-state index in [0.29, 0.717) is 30.5 Å². The van der Waals surface area contributed by atoms with Gasteiger partial charge in [0.1, 0.15) is 11.4 Å². The van der Waals surface area contributed by atoms with Crippen LogP contribution in [-0.2, 0) is 4.79 Å². The Hall–Kier alpha value is -3.21. The number of likely N-dealkylation sites (tertiary alicyclic amines) is 1. The fraction of sp³-hybridized carbons (Fsp3) is 0.433. The Morgan fingerprint density at radius 3 is 2.43 bits per heavy atom. The van der Waals surface area contributed by atoms with Crippen molar-refractivity contribution in [1.29, 1.82) is 0 Å². The van der Waals surface area contributed by atoms with Crippen LogP contribution in [0.3, 0.4) is 0 Å². The number of amides is 1. The summed E-state index contributed by atoms with van der Waals surface area (Å²) in [6, 6.07) is 17.9. The molecule has 1 fully saturated rings. The van der Waals surface area contributed by atoms with Gasteiger partial charge in [-0.1, -0.05) is 68.0 Å². The van der Waals surface area contributed by atoms with Gasteiger partial charge in [0, 0.05) is 25.1 Å². The Labute approximate surface area is 209 Å². The lowest BCUT2D eigenvalue weighted by Crippen LogP contribution is -2.39. The minimum atomic E-state index is -0.738. The Balaban J connectivity index is 1.39. The van der Waals surface area contributed by atoms with Crippen molar-refractivity contribution < 1.29 is 9.59 Å². The summed E-state index contributed by atoms with van der Waals surface area (Å²) in [5.41, 5.74) is 9.32. The molecule has 2 heterocycles. The maximum Gasteiger partial charge on any atom is 0.254 e. The molecule has 1 unspecified atom stereocenters. The predicted molar refractivity (Wildman–Crippen MR) is 142 cm³/mol. The zero-order chi connectivity index (χ0) is 25.0. The summed E-state index contributed by atoms with van der Waals surface area (Å²) in [4.78, 5) is 33.0. The quantitative estimate of drug-likeness (QED) is 0.591. The average Bonchev–Trinajstić information content (AvgIpc) is 2.93. The Morgan fingerprint density at radius 1 is 1.09 bits per heavy atom. The minimum Gasteiger partial charge on any atom is -0.384 e. The largest absolute Gasteiger partial charge is 0.384 e. The van der Waals surface area contributed by atoms with E-state index >= 15 is 0 Å². The highest BCUT2D eigenvalue weighted by Gasteiger charge is 2.36. The second-order valence-corrected chi connectivity index (χ2v) is 10.7. The van der Waals surface area contributed by atoms with E-state index in [2.05, 4.69) is 18.8 Å². The lowest BCUT2D eigenvalue weighted by atomic mass is 9.83. The van der Waals surface area contributed by atoms with Crippen molar-refractivity contribution in [2.45, 2.75) is 58.4 Å². The molecule has 0 spiro atoms. The van der Waals surface area contributed by atoms with Gasteiger partial charge in [-0.25, -0.2) is 0 Å². The monoisotopic (exact) mass is 471 g/mol. The molecule has 4 rings (SSSR count). The van der Waals surface area contributed by atoms with Crippen LogP contribution in [0.25, 0.3) is 11.1 Å². The van der Waals surface area contributed by atoms with Crippen LogP contribution in [0.15, 0.2) is 71.2 Å². The maximum absolute atomic E-state index is 13.4. The zero-order valence-corrected chi connectivity index (χ0v) is 21.2. The van der Waals surface area contributed by atoms with Crippen molar-refractivity contribution >= 4 is 17.5 Å². The average molecular weight is 472 g/mol. The molecule has 2 aromatic carbocycles. The number of nitrogens with zero attached hydrogens (tertiary/aromatic N) is 2. The molecule has 1 amide bonds. The van der Waals surface area contributed by atoms with Gasteiger partial charge in [-0.05, 0) is 67.7 Å². The number of allylic oxidation sites excluding steroid dienone is 1. The maximum atomic E-state index is 13.4. The van der Waals surface area contributed by atoms with Gasteiger partial charge in [0.15, 0.2) is 5.78 Å². The van der Waals surface area contributed by atoms with Gasteiger partial charge >= 0.3 is 0 Å². The van der Waals surface area contributed by atoms with E-state index in [1.165, 1.54) is 0 Å². The first-order valence-corrected chi connectivity index (χ1v) is 12.8. The second-order valence-electron chi connectivity index (χ2n) is 10.7. The molecule has 5 nitrogen and oxygen atoms in total. The fourth-order valence-corrected chi connectivity index (χ4v) is 5.54. The molecule has 0 aliphatic carbocycles. The van der Waals surface area contributed by atoms with Crippen LogP contribution in [0.2, 0.25) is 0 Å². The number of rotatable bonds is 6. The first-order valence-electron chi connectivity index (χ1n) is 12.8. The van der Waals surface area contributed by atoms with Crippen LogP contribution < -0.4 is 5.73 Å². The van der Waals surface area contributed by atoms with Crippen LogP contribution >= 0.6 is 0 Å². The molecule has 184 valence electrons. The van der Waals surface area contributed by atoms with E-state index in [0.717, 1.165) is 54.6 Å². The third-order valence-electron chi connectivity index (χ3n) is 7.22. The molecule has 35 heavy (non-hydrogen) atoms. The number of ketones is 1. The summed E-state index contributed by atoms with van der Waals surface area (Å²) in [6.07, 6.45) is 5.71. The number of carbonyl (C=O) groups is 2. The smallest absolute Gasteiger partial charge is 0.254 e. The number of nitrogens with two attached hydrogens (primary N) is 1. The molecule has 5 heteroatoms. The molecule has 1 atom stereocenters. The molecular formula is C30H37N3O2. The first-order chi connectivity index (χ1) is 16.7. The van der Waals surface area contributed by atoms with Crippen molar-refractivity contribution in [2.75, 3.05) is 13.1 Å². The van der Waals surface area contributed by atoms with Crippen LogP contribution in [0.5, 0.6) is 0 Å². The number of benzene rings is 2. The lowest BCUT2D eigenvalue weighted by Gasteiger charge is -2.33. The standard InChI is InChI=1S/C30H37N3O2/c1-21(2)20-30(3)27(34)18-23(19-28(31)32-30)17-22-13-15-33(16-14-22)29(35)26-12-8-7-11-25(26)24-9-5-4-6-10-24/h4-12,19,21-22H,13-18,20H2,1-3H3,(H2,31,32). The number of aliphatic imine (C=N–C) groups is 1. The highest BCUT2D eigenvalue weighted by atomic mass is 16.2. The summed E-state index contributed by atoms with van der Waals surface area (Å²) in [7, 11) is 0. The van der Waals surface area contributed by atoms with Gasteiger partial charge in [0.05, 0.1) is 0 Å². The summed E-state index contributed by atoms with van der Waals surface area (Å²) in [5.74, 6) is 1.51. The molecule has 2 N–H and O–H groups in total. The highest BCUT2D eigenvalue weighted by molar-refractivity contribution is 6.01. The number of amidine groups is 1. The third-order valence-corrected chi connectivity index (χ3v) is 7.22. The SMILES string of the molecule is CC(C)CC1(C)N=C(N)C=C(CC2CCN(C(=O)c3ccccc3-c3ccccc3)CC2)CC1=O. The van der Waals surface area contributed by atoms with E-state index < -0.39 is 5.54 Å². The van der Waals surface area contributed by atoms with Crippen molar-refractivity contribution in [3.8, 4) is 11.1 Å². The Morgan fingerprint density at radius 2 is 1.74 bits per heavy atom. The van der Waals surface area contributed by atoms with Gasteiger partial charge < -0.3 is 10.6 Å². The van der Waals surface area contributed by atoms with E-state index in [1.807, 2.05) is 72.5 Å². The fourth-order valence-electron chi connectivity index (χ4n) is 5.54. The number of piperidine rings is 1. The lowest BCUT2D eigenvalue weighted by molar-refractivity contribution is -0.123. The molecule has 2 aliphatic rings. The Bertz CT molecular complexity index is 1130. The molecule has 2 aromatic rings.